The summed E-state index contributed by atoms with van der Waals surface area (Å²) in [6.07, 6.45) is 0.178. The number of pyridine rings is 1. The van der Waals surface area contributed by atoms with Crippen LogP contribution in [0.15, 0.2) is 45.4 Å². The average Bonchev–Trinajstić information content (AvgIpc) is 2.69. The molecule has 1 saturated heterocycles. The molecule has 1 aromatic heterocycles. The van der Waals surface area contributed by atoms with Gasteiger partial charge in [0.2, 0.25) is 0 Å². The molecule has 0 radical (unpaired) electrons. The zero-order chi connectivity index (χ0) is 21.9. The number of nitrogens with one attached hydrogen (secondary N) is 1. The molecule has 3 rings (SSSR count). The zero-order valence-electron chi connectivity index (χ0n) is 17.8. The number of piperazine rings is 1. The summed E-state index contributed by atoms with van der Waals surface area (Å²) in [5, 5.41) is 3.42. The number of alkyl halides is 3. The highest BCUT2D eigenvalue weighted by atomic mass is 19.4. The van der Waals surface area contributed by atoms with Gasteiger partial charge in [-0.25, -0.2) is 4.98 Å². The van der Waals surface area contributed by atoms with Crippen LogP contribution in [0.4, 0.5) is 19.0 Å². The number of rotatable bonds is 4. The van der Waals surface area contributed by atoms with Gasteiger partial charge in [0.1, 0.15) is 11.5 Å². The molecule has 0 bridgehead atoms. The van der Waals surface area contributed by atoms with Crippen molar-refractivity contribution in [2.24, 2.45) is 9.98 Å². The average molecular weight is 419 g/mol. The minimum Gasteiger partial charge on any atom is -0.353 e. The van der Waals surface area contributed by atoms with Crippen LogP contribution in [0.25, 0.3) is 0 Å². The van der Waals surface area contributed by atoms with Gasteiger partial charge in [-0.3, -0.25) is 9.98 Å². The number of hydrogen-bond acceptors (Lipinski definition) is 5. The molecule has 0 aromatic carbocycles. The van der Waals surface area contributed by atoms with Gasteiger partial charge in [0.25, 0.3) is 0 Å². The van der Waals surface area contributed by atoms with E-state index >= 15 is 0 Å². The summed E-state index contributed by atoms with van der Waals surface area (Å²) in [5.74, 6) is 0.527. The van der Waals surface area contributed by atoms with Gasteiger partial charge in [-0.2, -0.15) is 13.2 Å². The molecule has 0 amide bonds. The predicted molar refractivity (Wildman–Crippen MR) is 116 cm³/mol. The Morgan fingerprint density at radius 2 is 2.07 bits per heavy atom. The van der Waals surface area contributed by atoms with Crippen LogP contribution in [-0.2, 0) is 6.18 Å². The normalized spacial score (nSPS) is 20.6. The second-order valence-electron chi connectivity index (χ2n) is 7.76. The summed E-state index contributed by atoms with van der Waals surface area (Å²) < 4.78 is 41.4. The summed E-state index contributed by atoms with van der Waals surface area (Å²) in [7, 11) is 1.50. The number of anilines is 1. The van der Waals surface area contributed by atoms with Crippen molar-refractivity contribution < 1.29 is 13.2 Å². The van der Waals surface area contributed by atoms with E-state index < -0.39 is 11.7 Å². The fourth-order valence-corrected chi connectivity index (χ4v) is 3.83. The van der Waals surface area contributed by atoms with Crippen LogP contribution in [0.1, 0.15) is 38.4 Å². The molecule has 30 heavy (non-hydrogen) atoms. The molecule has 3 heterocycles. The lowest BCUT2D eigenvalue weighted by atomic mass is 9.96. The molecule has 1 unspecified atom stereocenters. The molecule has 1 atom stereocenters. The van der Waals surface area contributed by atoms with Gasteiger partial charge >= 0.3 is 6.18 Å². The van der Waals surface area contributed by atoms with Crippen LogP contribution in [-0.4, -0.2) is 55.7 Å². The van der Waals surface area contributed by atoms with E-state index in [1.807, 2.05) is 24.8 Å². The van der Waals surface area contributed by atoms with E-state index in [9.17, 15) is 13.2 Å². The molecule has 2 aliphatic rings. The highest BCUT2D eigenvalue weighted by Crippen LogP contribution is 2.34. The molecule has 0 aliphatic carbocycles. The Morgan fingerprint density at radius 3 is 2.70 bits per heavy atom. The van der Waals surface area contributed by atoms with Crippen molar-refractivity contribution in [2.75, 3.05) is 38.1 Å². The first-order valence-corrected chi connectivity index (χ1v) is 10.1. The first-order valence-electron chi connectivity index (χ1n) is 10.1. The van der Waals surface area contributed by atoms with Crippen molar-refractivity contribution in [3.05, 3.63) is 46.7 Å². The Morgan fingerprint density at radius 1 is 1.30 bits per heavy atom. The Kier molecular flexibility index (Phi) is 6.75. The lowest BCUT2D eigenvalue weighted by Crippen LogP contribution is -2.50. The van der Waals surface area contributed by atoms with Crippen LogP contribution in [0.5, 0.6) is 0 Å². The number of aromatic nitrogens is 1. The molecular weight excluding hydrogens is 391 g/mol. The maximum absolute atomic E-state index is 13.8. The van der Waals surface area contributed by atoms with Crippen LogP contribution >= 0.6 is 0 Å². The van der Waals surface area contributed by atoms with E-state index in [0.717, 1.165) is 12.6 Å². The van der Waals surface area contributed by atoms with E-state index in [1.54, 1.807) is 6.92 Å². The molecule has 162 valence electrons. The standard InChI is InChI=1S/C22H28F3N5/c1-14(2)12-16-13-30(11-10-28-16)19-8-7-18(22(23,24)25)21(29-19)20(26-4)17-6-5-9-27-15(17)3/h6-8,12,16,28H,5,9-11,13H2,1-4H3. The number of hydrogen-bond donors (Lipinski definition) is 1. The summed E-state index contributed by atoms with van der Waals surface area (Å²) in [6, 6.07) is 2.71. The minimum atomic E-state index is -4.52. The van der Waals surface area contributed by atoms with E-state index in [0.29, 0.717) is 43.2 Å². The van der Waals surface area contributed by atoms with Gasteiger partial charge in [-0.15, -0.1) is 0 Å². The Bertz CT molecular complexity index is 908. The topological polar surface area (TPSA) is 52.9 Å². The number of aliphatic imine (C=N–C) groups is 2. The van der Waals surface area contributed by atoms with E-state index in [1.165, 1.54) is 18.7 Å². The third-order valence-electron chi connectivity index (χ3n) is 5.17. The maximum Gasteiger partial charge on any atom is 0.418 e. The van der Waals surface area contributed by atoms with Crippen molar-refractivity contribution in [3.8, 4) is 0 Å². The minimum absolute atomic E-state index is 0.131. The number of dihydropyridines is 1. The Labute approximate surface area is 175 Å². The molecule has 0 saturated carbocycles. The molecule has 1 N–H and O–H groups in total. The largest absolute Gasteiger partial charge is 0.418 e. The zero-order valence-corrected chi connectivity index (χ0v) is 17.8. The van der Waals surface area contributed by atoms with Crippen molar-refractivity contribution in [2.45, 2.75) is 39.4 Å². The fraction of sp³-hybridized carbons (Fsp3) is 0.500. The summed E-state index contributed by atoms with van der Waals surface area (Å²) >= 11 is 0. The van der Waals surface area contributed by atoms with Gasteiger partial charge in [0.05, 0.1) is 11.3 Å². The highest BCUT2D eigenvalue weighted by molar-refractivity contribution is 6.29. The summed E-state index contributed by atoms with van der Waals surface area (Å²) in [6.45, 7) is 8.55. The fourth-order valence-electron chi connectivity index (χ4n) is 3.83. The Hall–Kier alpha value is -2.48. The van der Waals surface area contributed by atoms with Crippen molar-refractivity contribution >= 4 is 17.2 Å². The third-order valence-corrected chi connectivity index (χ3v) is 5.17. The number of nitrogens with zero attached hydrogens (tertiary/aromatic N) is 4. The maximum atomic E-state index is 13.8. The predicted octanol–water partition coefficient (Wildman–Crippen LogP) is 4.05. The van der Waals surface area contributed by atoms with Gasteiger partial charge in [0.15, 0.2) is 0 Å². The van der Waals surface area contributed by atoms with E-state index in [2.05, 4.69) is 26.4 Å². The van der Waals surface area contributed by atoms with Crippen molar-refractivity contribution in [1.82, 2.24) is 10.3 Å². The molecule has 1 fully saturated rings. The molecular formula is C22H28F3N5. The lowest BCUT2D eigenvalue weighted by molar-refractivity contribution is -0.137. The Balaban J connectivity index is 2.04. The van der Waals surface area contributed by atoms with Crippen LogP contribution < -0.4 is 10.2 Å². The van der Waals surface area contributed by atoms with Crippen molar-refractivity contribution in [1.29, 1.82) is 0 Å². The number of allylic oxidation sites excluding steroid dienone is 2. The lowest BCUT2D eigenvalue weighted by Gasteiger charge is -2.34. The van der Waals surface area contributed by atoms with Gasteiger partial charge in [-0.1, -0.05) is 17.7 Å². The van der Waals surface area contributed by atoms with Gasteiger partial charge in [-0.05, 0) is 39.3 Å². The summed E-state index contributed by atoms with van der Waals surface area (Å²) in [4.78, 5) is 15.1. The highest BCUT2D eigenvalue weighted by Gasteiger charge is 2.37. The molecule has 5 nitrogen and oxygen atoms in total. The van der Waals surface area contributed by atoms with Gasteiger partial charge < -0.3 is 10.2 Å². The smallest absolute Gasteiger partial charge is 0.353 e. The van der Waals surface area contributed by atoms with E-state index in [-0.39, 0.29) is 17.4 Å². The second-order valence-corrected chi connectivity index (χ2v) is 7.76. The van der Waals surface area contributed by atoms with Crippen LogP contribution in [0, 0.1) is 0 Å². The quantitative estimate of drug-likeness (QED) is 0.592. The molecule has 8 heteroatoms. The first kappa shape index (κ1) is 22.2. The third kappa shape index (κ3) is 4.98. The number of halogens is 3. The first-order chi connectivity index (χ1) is 14.2. The van der Waals surface area contributed by atoms with Gasteiger partial charge in [0, 0.05) is 50.6 Å². The van der Waals surface area contributed by atoms with Crippen molar-refractivity contribution in [3.63, 3.8) is 0 Å². The molecule has 1 aromatic rings. The summed E-state index contributed by atoms with van der Waals surface area (Å²) in [5.41, 5.74) is 1.83. The molecule has 2 aliphatic heterocycles. The monoisotopic (exact) mass is 419 g/mol. The van der Waals surface area contributed by atoms with Crippen LogP contribution in [0.2, 0.25) is 0 Å². The van der Waals surface area contributed by atoms with Crippen LogP contribution in [0.3, 0.4) is 0 Å². The second kappa shape index (κ2) is 9.12. The SMILES string of the molecule is CN=C(C1=CCCN=C1C)c1nc(N2CCNC(C=C(C)C)C2)ccc1C(F)(F)F. The molecule has 0 spiro atoms. The van der Waals surface area contributed by atoms with E-state index in [4.69, 9.17) is 0 Å².